The predicted octanol–water partition coefficient (Wildman–Crippen LogP) is 8.70. The summed E-state index contributed by atoms with van der Waals surface area (Å²) in [6, 6.07) is 0. The van der Waals surface area contributed by atoms with Crippen molar-refractivity contribution in [2.45, 2.75) is 186 Å². The molecule has 1 rings (SSSR count). The molecule has 0 bridgehead atoms. The Morgan fingerprint density at radius 2 is 1.32 bits per heavy atom. The Bertz CT molecular complexity index is 1300. The number of carbonyl (C=O) groups excluding carboxylic acids is 3. The number of phosphoric ester groups is 1. The molecule has 13 nitrogen and oxygen atoms in total. The highest BCUT2D eigenvalue weighted by molar-refractivity contribution is 7.47. The number of ketones is 1. The molecule has 0 saturated heterocycles. The third-order valence-corrected chi connectivity index (χ3v) is 11.3. The maximum Gasteiger partial charge on any atom is 0.472 e. The van der Waals surface area contributed by atoms with Crippen molar-refractivity contribution in [3.63, 3.8) is 0 Å². The number of rotatable bonds is 38. The standard InChI is InChI=1S/C46H79O13P/c1-3-5-7-8-9-10-11-12-13-14-15-16-17-18-19-20-25-29-45(52)56-36-40(37-58-60(54,55)57-35-39(49)34-47)59-46(53)30-26-22-21-24-28-41-42(44(51)33-43(41)50)32-31-38(48)27-23-6-4-2/h9-10,12-13,15-16,31-32,38-43,47-50H,3-8,11,14,17-30,33-37H2,1-2H3,(H,54,55)/b10-9-,13-12-,16-15-,32-31+/t38-,39-,40+,41+,42+,43-/m0/s1. The Morgan fingerprint density at radius 3 is 1.97 bits per heavy atom. The highest BCUT2D eigenvalue weighted by Gasteiger charge is 2.39. The SMILES string of the molecule is CCCCC/C=C\C/C=C\C/C=C\CCCCCCC(=O)OC[C@H](COP(=O)(O)OC[C@@H](O)CO)OC(=O)CCCCCC[C@H]1[C@@H](O)CC(=O)[C@@H]1/C=C/[C@@H](O)CCCCC. The molecule has 0 aliphatic heterocycles. The van der Waals surface area contributed by atoms with Crippen molar-refractivity contribution >= 4 is 25.5 Å². The molecule has 0 radical (unpaired) electrons. The quantitative estimate of drug-likeness (QED) is 0.0171. The zero-order chi connectivity index (χ0) is 44.3. The Morgan fingerprint density at radius 1 is 0.750 bits per heavy atom. The van der Waals surface area contributed by atoms with Gasteiger partial charge in [-0.1, -0.05) is 127 Å². The summed E-state index contributed by atoms with van der Waals surface area (Å²) in [6.45, 7) is 1.94. The first-order valence-electron chi connectivity index (χ1n) is 22.7. The molecule has 1 aliphatic rings. The minimum Gasteiger partial charge on any atom is -0.462 e. The molecule has 14 heteroatoms. The van der Waals surface area contributed by atoms with Gasteiger partial charge in [-0.3, -0.25) is 23.4 Å². The first kappa shape index (κ1) is 55.5. The third-order valence-electron chi connectivity index (χ3n) is 10.4. The van der Waals surface area contributed by atoms with E-state index in [0.29, 0.717) is 32.1 Å². The first-order chi connectivity index (χ1) is 28.9. The van der Waals surface area contributed by atoms with Crippen molar-refractivity contribution in [3.8, 4) is 0 Å². The summed E-state index contributed by atoms with van der Waals surface area (Å²) in [5.41, 5.74) is 0. The van der Waals surface area contributed by atoms with Crippen LogP contribution in [-0.2, 0) is 37.5 Å². The highest BCUT2D eigenvalue weighted by atomic mass is 31.2. The van der Waals surface area contributed by atoms with Crippen molar-refractivity contribution in [1.29, 1.82) is 0 Å². The number of esters is 2. The molecule has 0 aromatic heterocycles. The van der Waals surface area contributed by atoms with Crippen LogP contribution < -0.4 is 0 Å². The van der Waals surface area contributed by atoms with Crippen LogP contribution in [0.15, 0.2) is 48.6 Å². The lowest BCUT2D eigenvalue weighted by Crippen LogP contribution is -2.29. The van der Waals surface area contributed by atoms with E-state index in [9.17, 15) is 39.2 Å². The lowest BCUT2D eigenvalue weighted by Gasteiger charge is -2.20. The van der Waals surface area contributed by atoms with E-state index in [1.165, 1.54) is 19.3 Å². The molecule has 1 saturated carbocycles. The van der Waals surface area contributed by atoms with E-state index >= 15 is 0 Å². The second-order valence-electron chi connectivity index (χ2n) is 15.9. The number of unbranched alkanes of at least 4 members (excludes halogenated alkanes) is 12. The van der Waals surface area contributed by atoms with Crippen LogP contribution in [0.1, 0.15) is 162 Å². The van der Waals surface area contributed by atoms with Gasteiger partial charge in [0, 0.05) is 25.2 Å². The number of Topliss-reactive ketones (excluding diaryl/α,β-unsaturated/α-hetero) is 1. The van der Waals surface area contributed by atoms with Crippen LogP contribution in [0.25, 0.3) is 0 Å². The normalized spacial score (nSPS) is 19.8. The Balaban J connectivity index is 2.45. The van der Waals surface area contributed by atoms with Crippen LogP contribution in [0.5, 0.6) is 0 Å². The number of allylic oxidation sites excluding steroid dienone is 7. The maximum absolute atomic E-state index is 12.7. The molecule has 7 atom stereocenters. The summed E-state index contributed by atoms with van der Waals surface area (Å²) < 4.78 is 32.7. The van der Waals surface area contributed by atoms with E-state index in [0.717, 1.165) is 77.0 Å². The van der Waals surface area contributed by atoms with E-state index < -0.39 is 76.5 Å². The van der Waals surface area contributed by atoms with E-state index in [4.69, 9.17) is 19.1 Å². The number of hydrogen-bond donors (Lipinski definition) is 5. The molecule has 0 aromatic rings. The fraction of sp³-hybridized carbons (Fsp3) is 0.761. The Hall–Kier alpha value is -2.48. The molecule has 0 aromatic carbocycles. The van der Waals surface area contributed by atoms with Gasteiger partial charge in [0.2, 0.25) is 0 Å². The van der Waals surface area contributed by atoms with Gasteiger partial charge >= 0.3 is 19.8 Å². The maximum atomic E-state index is 12.7. The zero-order valence-corrected chi connectivity index (χ0v) is 37.5. The lowest BCUT2D eigenvalue weighted by atomic mass is 9.88. The molecule has 5 N–H and O–H groups in total. The Labute approximate surface area is 360 Å². The Kier molecular flexibility index (Phi) is 33.4. The largest absolute Gasteiger partial charge is 0.472 e. The van der Waals surface area contributed by atoms with Gasteiger partial charge in [0.15, 0.2) is 6.10 Å². The van der Waals surface area contributed by atoms with E-state index in [2.05, 4.69) is 54.8 Å². The number of hydrogen-bond acceptors (Lipinski definition) is 12. The van der Waals surface area contributed by atoms with Crippen LogP contribution in [-0.4, -0.2) is 93.9 Å². The van der Waals surface area contributed by atoms with E-state index in [1.54, 1.807) is 12.2 Å². The molecule has 0 heterocycles. The molecule has 60 heavy (non-hydrogen) atoms. The van der Waals surface area contributed by atoms with E-state index in [-0.39, 0.29) is 31.0 Å². The molecule has 0 amide bonds. The minimum atomic E-state index is -4.69. The molecular formula is C46H79O13P. The van der Waals surface area contributed by atoms with Gasteiger partial charge in [-0.2, -0.15) is 0 Å². The van der Waals surface area contributed by atoms with Crippen LogP contribution in [0.2, 0.25) is 0 Å². The summed E-state index contributed by atoms with van der Waals surface area (Å²) in [5.74, 6) is -1.77. The zero-order valence-electron chi connectivity index (χ0n) is 36.6. The van der Waals surface area contributed by atoms with Gasteiger partial charge in [0.25, 0.3) is 0 Å². The summed E-state index contributed by atoms with van der Waals surface area (Å²) in [5, 5.41) is 39.2. The topological polar surface area (TPSA) is 206 Å². The monoisotopic (exact) mass is 871 g/mol. The van der Waals surface area contributed by atoms with Crippen LogP contribution >= 0.6 is 7.82 Å². The fourth-order valence-electron chi connectivity index (χ4n) is 6.79. The predicted molar refractivity (Wildman–Crippen MR) is 234 cm³/mol. The first-order valence-corrected chi connectivity index (χ1v) is 24.2. The van der Waals surface area contributed by atoms with Gasteiger partial charge in [-0.25, -0.2) is 4.57 Å². The van der Waals surface area contributed by atoms with Crippen molar-refractivity contribution in [3.05, 3.63) is 48.6 Å². The van der Waals surface area contributed by atoms with Gasteiger partial charge in [-0.05, 0) is 70.1 Å². The average molecular weight is 871 g/mol. The average Bonchev–Trinajstić information content (AvgIpc) is 3.49. The van der Waals surface area contributed by atoms with Crippen LogP contribution in [0.3, 0.4) is 0 Å². The third kappa shape index (κ3) is 29.7. The summed E-state index contributed by atoms with van der Waals surface area (Å²) in [7, 11) is -4.69. The van der Waals surface area contributed by atoms with E-state index in [1.807, 2.05) is 0 Å². The van der Waals surface area contributed by atoms with Crippen LogP contribution in [0.4, 0.5) is 0 Å². The second-order valence-corrected chi connectivity index (χ2v) is 17.3. The molecule has 1 fully saturated rings. The number of phosphoric acid groups is 1. The van der Waals surface area contributed by atoms with Crippen molar-refractivity contribution in [2.24, 2.45) is 11.8 Å². The van der Waals surface area contributed by atoms with Gasteiger partial charge in [0.1, 0.15) is 18.5 Å². The van der Waals surface area contributed by atoms with Crippen molar-refractivity contribution in [1.82, 2.24) is 0 Å². The van der Waals surface area contributed by atoms with Crippen molar-refractivity contribution in [2.75, 3.05) is 26.4 Å². The van der Waals surface area contributed by atoms with Gasteiger partial charge in [0.05, 0.1) is 32.0 Å². The highest BCUT2D eigenvalue weighted by Crippen LogP contribution is 2.43. The number of ether oxygens (including phenoxy) is 2. The van der Waals surface area contributed by atoms with Crippen LogP contribution in [0, 0.1) is 11.8 Å². The number of aliphatic hydroxyl groups is 4. The van der Waals surface area contributed by atoms with Gasteiger partial charge in [-0.15, -0.1) is 0 Å². The van der Waals surface area contributed by atoms with Gasteiger partial charge < -0.3 is 34.8 Å². The molecule has 1 aliphatic carbocycles. The molecular weight excluding hydrogens is 791 g/mol. The second kappa shape index (κ2) is 36.0. The fourth-order valence-corrected chi connectivity index (χ4v) is 7.58. The molecule has 346 valence electrons. The smallest absolute Gasteiger partial charge is 0.462 e. The number of aliphatic hydroxyl groups excluding tert-OH is 4. The summed E-state index contributed by atoms with van der Waals surface area (Å²) in [4.78, 5) is 47.8. The minimum absolute atomic E-state index is 0.0198. The summed E-state index contributed by atoms with van der Waals surface area (Å²) in [6.07, 6.45) is 31.2. The molecule has 1 unspecified atom stereocenters. The number of carbonyl (C=O) groups is 3. The molecule has 0 spiro atoms. The summed E-state index contributed by atoms with van der Waals surface area (Å²) >= 11 is 0. The lowest BCUT2D eigenvalue weighted by molar-refractivity contribution is -0.161. The van der Waals surface area contributed by atoms with Crippen molar-refractivity contribution < 1.29 is 62.8 Å².